The quantitative estimate of drug-likeness (QED) is 0.271. The second kappa shape index (κ2) is 12.4. The monoisotopic (exact) mass is 595 g/mol. The van der Waals surface area contributed by atoms with Crippen LogP contribution in [0.2, 0.25) is 0 Å². The van der Waals surface area contributed by atoms with Crippen molar-refractivity contribution in [1.29, 1.82) is 0 Å². The number of likely N-dealkylation sites (tertiary alicyclic amines) is 1. The molecule has 0 aliphatic carbocycles. The smallest absolute Gasteiger partial charge is 0.249 e. The number of carbonyl (C=O) groups is 3. The second-order valence-electron chi connectivity index (χ2n) is 13.2. The Morgan fingerprint density at radius 1 is 1.14 bits per heavy atom. The van der Waals surface area contributed by atoms with E-state index >= 15 is 0 Å². The first-order valence-electron chi connectivity index (χ1n) is 15.5. The van der Waals surface area contributed by atoms with Crippen LogP contribution in [-0.2, 0) is 19.1 Å². The molecule has 4 rings (SSSR count). The molecule has 0 aromatic heterocycles. The molecule has 0 radical (unpaired) electrons. The van der Waals surface area contributed by atoms with Crippen LogP contribution in [0.1, 0.15) is 60.8 Å². The number of nitrogens with zero attached hydrogens (tertiary/aromatic N) is 3. The van der Waals surface area contributed by atoms with Crippen LogP contribution < -0.4 is 9.64 Å². The lowest BCUT2D eigenvalue weighted by molar-refractivity contribution is -0.155. The Labute approximate surface area is 256 Å². The Bertz CT molecular complexity index is 1230. The van der Waals surface area contributed by atoms with E-state index in [-0.39, 0.29) is 36.8 Å². The topological polar surface area (TPSA) is 99.6 Å². The zero-order valence-electron chi connectivity index (χ0n) is 26.7. The van der Waals surface area contributed by atoms with Gasteiger partial charge in [0.2, 0.25) is 17.7 Å². The van der Waals surface area contributed by atoms with E-state index in [1.165, 1.54) is 0 Å². The van der Waals surface area contributed by atoms with Crippen molar-refractivity contribution in [3.8, 4) is 5.75 Å². The molecule has 3 heterocycles. The Kier molecular flexibility index (Phi) is 9.47. The average molecular weight is 596 g/mol. The fourth-order valence-electron chi connectivity index (χ4n) is 7.51. The highest BCUT2D eigenvalue weighted by Crippen LogP contribution is 2.65. The molecule has 9 heteroatoms. The fourth-order valence-corrected chi connectivity index (χ4v) is 7.51. The highest BCUT2D eigenvalue weighted by molar-refractivity contribution is 6.03. The maximum Gasteiger partial charge on any atom is 0.249 e. The Balaban J connectivity index is 1.81. The number of ether oxygens (including phenoxy) is 2. The summed E-state index contributed by atoms with van der Waals surface area (Å²) in [4.78, 5) is 48.8. The van der Waals surface area contributed by atoms with Crippen LogP contribution in [0.3, 0.4) is 0 Å². The Morgan fingerprint density at radius 3 is 2.35 bits per heavy atom. The largest absolute Gasteiger partial charge is 0.494 e. The van der Waals surface area contributed by atoms with Crippen molar-refractivity contribution in [2.75, 3.05) is 37.7 Å². The molecule has 3 unspecified atom stereocenters. The molecule has 1 spiro atoms. The van der Waals surface area contributed by atoms with E-state index in [0.29, 0.717) is 50.4 Å². The second-order valence-corrected chi connectivity index (χ2v) is 13.2. The highest BCUT2D eigenvalue weighted by atomic mass is 16.5. The van der Waals surface area contributed by atoms with Crippen LogP contribution in [-0.4, -0.2) is 88.3 Å². The number of unbranched alkanes of at least 4 members (excludes halogenated alkanes) is 1. The predicted octanol–water partition coefficient (Wildman–Crippen LogP) is 4.20. The van der Waals surface area contributed by atoms with Gasteiger partial charge in [0.1, 0.15) is 17.4 Å². The minimum absolute atomic E-state index is 0.00882. The van der Waals surface area contributed by atoms with E-state index in [0.717, 1.165) is 0 Å². The van der Waals surface area contributed by atoms with Gasteiger partial charge in [-0.1, -0.05) is 19.1 Å². The lowest BCUT2D eigenvalue weighted by atomic mass is 9.62. The maximum atomic E-state index is 14.7. The molecule has 2 bridgehead atoms. The molecule has 236 valence electrons. The number of benzene rings is 1. The standard InChI is InChI=1S/C34H49N3O6/c1-9-18-35(24-14-16-25(17-15-24)42-11-3)29(39)26-27-30(40)36(20-12-13-21-38)28(31(41)37(19-10-2)32(5,6)7)34(27)22-23(4)33(26,8)43-34/h9-10,14-17,23,26-28,38H,1-2,11-13,18-22H2,3-8H3/t23?,26-,27+,28?,33+,34?/m1/s1. The summed E-state index contributed by atoms with van der Waals surface area (Å²) in [6, 6.07) is 6.43. The fraction of sp³-hybridized carbons (Fsp3) is 0.618. The Morgan fingerprint density at radius 2 is 1.79 bits per heavy atom. The minimum atomic E-state index is -1.15. The average Bonchev–Trinajstić information content (AvgIpc) is 3.46. The zero-order chi connectivity index (χ0) is 31.7. The summed E-state index contributed by atoms with van der Waals surface area (Å²) in [5, 5.41) is 9.48. The molecule has 3 saturated heterocycles. The summed E-state index contributed by atoms with van der Waals surface area (Å²) in [5.41, 5.74) is -1.95. The first-order valence-corrected chi connectivity index (χ1v) is 15.5. The lowest BCUT2D eigenvalue weighted by Crippen LogP contribution is -2.60. The van der Waals surface area contributed by atoms with Gasteiger partial charge in [0, 0.05) is 37.5 Å². The minimum Gasteiger partial charge on any atom is -0.494 e. The molecular formula is C34H49N3O6. The number of aliphatic hydroxyl groups is 1. The molecular weight excluding hydrogens is 546 g/mol. The van der Waals surface area contributed by atoms with Crippen molar-refractivity contribution in [2.24, 2.45) is 17.8 Å². The summed E-state index contributed by atoms with van der Waals surface area (Å²) in [7, 11) is 0. The first-order chi connectivity index (χ1) is 20.3. The van der Waals surface area contributed by atoms with E-state index in [1.54, 1.807) is 26.9 Å². The van der Waals surface area contributed by atoms with Gasteiger partial charge in [0.25, 0.3) is 0 Å². The van der Waals surface area contributed by atoms with Gasteiger partial charge in [-0.3, -0.25) is 14.4 Å². The van der Waals surface area contributed by atoms with Gasteiger partial charge in [-0.15, -0.1) is 13.2 Å². The summed E-state index contributed by atoms with van der Waals surface area (Å²) >= 11 is 0. The predicted molar refractivity (Wildman–Crippen MR) is 167 cm³/mol. The van der Waals surface area contributed by atoms with Gasteiger partial charge >= 0.3 is 0 Å². The summed E-state index contributed by atoms with van der Waals surface area (Å²) in [6.45, 7) is 20.9. The third-order valence-corrected chi connectivity index (χ3v) is 9.55. The number of aliphatic hydroxyl groups excluding tert-OH is 1. The zero-order valence-corrected chi connectivity index (χ0v) is 26.7. The van der Waals surface area contributed by atoms with Crippen LogP contribution in [0, 0.1) is 17.8 Å². The van der Waals surface area contributed by atoms with Crippen LogP contribution >= 0.6 is 0 Å². The highest BCUT2D eigenvalue weighted by Gasteiger charge is 2.80. The van der Waals surface area contributed by atoms with Crippen molar-refractivity contribution < 1.29 is 29.0 Å². The molecule has 1 N–H and O–H groups in total. The third kappa shape index (κ3) is 5.50. The van der Waals surface area contributed by atoms with Crippen LogP contribution in [0.5, 0.6) is 5.75 Å². The van der Waals surface area contributed by atoms with Gasteiger partial charge in [-0.25, -0.2) is 0 Å². The number of carbonyl (C=O) groups excluding carboxylic acids is 3. The van der Waals surface area contributed by atoms with Crippen molar-refractivity contribution in [2.45, 2.75) is 83.6 Å². The Hall–Kier alpha value is -3.17. The van der Waals surface area contributed by atoms with Crippen molar-refractivity contribution in [1.82, 2.24) is 9.80 Å². The van der Waals surface area contributed by atoms with Crippen molar-refractivity contribution >= 4 is 23.4 Å². The van der Waals surface area contributed by atoms with E-state index in [1.807, 2.05) is 65.8 Å². The van der Waals surface area contributed by atoms with Crippen molar-refractivity contribution in [3.05, 3.63) is 49.6 Å². The number of anilines is 1. The maximum absolute atomic E-state index is 14.7. The summed E-state index contributed by atoms with van der Waals surface area (Å²) < 4.78 is 12.5. The SMILES string of the molecule is C=CCN(C(=O)[C@H]1[C@H]2C(=O)N(CCCCO)C(C(=O)N(CC=C)C(C)(C)C)C23CC(C)[C@]1(C)O3)c1ccc(OCC)cc1. The summed E-state index contributed by atoms with van der Waals surface area (Å²) in [6.07, 6.45) is 4.89. The number of hydrogen-bond donors (Lipinski definition) is 1. The number of amides is 3. The molecule has 3 aliphatic heterocycles. The summed E-state index contributed by atoms with van der Waals surface area (Å²) in [5.74, 6) is -1.64. The van der Waals surface area contributed by atoms with E-state index in [4.69, 9.17) is 9.47 Å². The van der Waals surface area contributed by atoms with E-state index < -0.39 is 34.6 Å². The molecule has 9 nitrogen and oxygen atoms in total. The van der Waals surface area contributed by atoms with Gasteiger partial charge in [0.15, 0.2) is 0 Å². The number of rotatable bonds is 13. The molecule has 3 fully saturated rings. The van der Waals surface area contributed by atoms with Gasteiger partial charge < -0.3 is 29.3 Å². The normalized spacial score (nSPS) is 29.4. The van der Waals surface area contributed by atoms with E-state index in [9.17, 15) is 19.5 Å². The van der Waals surface area contributed by atoms with Gasteiger partial charge in [-0.05, 0) is 84.1 Å². The molecule has 0 saturated carbocycles. The van der Waals surface area contributed by atoms with Crippen molar-refractivity contribution in [3.63, 3.8) is 0 Å². The molecule has 1 aromatic carbocycles. The van der Waals surface area contributed by atoms with Gasteiger partial charge in [0.05, 0.1) is 24.0 Å². The molecule has 43 heavy (non-hydrogen) atoms. The van der Waals surface area contributed by atoms with Crippen LogP contribution in [0.4, 0.5) is 5.69 Å². The lowest BCUT2D eigenvalue weighted by Gasteiger charge is -2.42. The molecule has 3 aliphatic rings. The van der Waals surface area contributed by atoms with E-state index in [2.05, 4.69) is 13.2 Å². The first kappa shape index (κ1) is 32.7. The van der Waals surface area contributed by atoms with Crippen LogP contribution in [0.25, 0.3) is 0 Å². The molecule has 1 aromatic rings. The molecule has 3 amide bonds. The van der Waals surface area contributed by atoms with Gasteiger partial charge in [-0.2, -0.15) is 0 Å². The van der Waals surface area contributed by atoms with Crippen LogP contribution in [0.15, 0.2) is 49.6 Å². The molecule has 6 atom stereocenters. The third-order valence-electron chi connectivity index (χ3n) is 9.55. The number of fused-ring (bicyclic) bond motifs is 1. The number of hydrogen-bond acceptors (Lipinski definition) is 6.